The van der Waals surface area contributed by atoms with Gasteiger partial charge in [0.2, 0.25) is 6.29 Å². The van der Waals surface area contributed by atoms with Gasteiger partial charge >= 0.3 is 5.97 Å². The van der Waals surface area contributed by atoms with Crippen molar-refractivity contribution in [2.75, 3.05) is 0 Å². The minimum Gasteiger partial charge on any atom is -0.433 e. The summed E-state index contributed by atoms with van der Waals surface area (Å²) in [6.45, 7) is 8.19. The maximum Gasteiger partial charge on any atom is 0.314 e. The maximum absolute atomic E-state index is 11.5. The third kappa shape index (κ3) is 5.91. The molecular formula is C20H30O4. The molecule has 4 atom stereocenters. The van der Waals surface area contributed by atoms with Crippen LogP contribution in [0.25, 0.3) is 0 Å². The summed E-state index contributed by atoms with van der Waals surface area (Å²) in [5.74, 6) is -0.173. The number of rotatable bonds is 9. The van der Waals surface area contributed by atoms with Crippen molar-refractivity contribution in [2.24, 2.45) is 5.92 Å². The Labute approximate surface area is 145 Å². The van der Waals surface area contributed by atoms with E-state index in [0.717, 1.165) is 31.3 Å². The highest BCUT2D eigenvalue weighted by molar-refractivity contribution is 5.76. The van der Waals surface area contributed by atoms with Crippen LogP contribution >= 0.6 is 0 Å². The Morgan fingerprint density at radius 2 is 1.88 bits per heavy atom. The molecule has 0 amide bonds. The number of esters is 1. The van der Waals surface area contributed by atoms with E-state index in [1.165, 1.54) is 11.1 Å². The average molecular weight is 334 g/mol. The smallest absolute Gasteiger partial charge is 0.314 e. The zero-order valence-electron chi connectivity index (χ0n) is 15.2. The third-order valence-corrected chi connectivity index (χ3v) is 4.47. The summed E-state index contributed by atoms with van der Waals surface area (Å²) in [6.07, 6.45) is 10.1. The van der Waals surface area contributed by atoms with E-state index in [1.54, 1.807) is 0 Å². The number of hydrogen-bond acceptors (Lipinski definition) is 4. The zero-order valence-corrected chi connectivity index (χ0v) is 15.2. The number of allylic oxidation sites excluding steroid dienone is 4. The molecule has 24 heavy (non-hydrogen) atoms. The molecule has 2 fully saturated rings. The second-order valence-electron chi connectivity index (χ2n) is 7.24. The molecule has 0 aromatic carbocycles. The summed E-state index contributed by atoms with van der Waals surface area (Å²) >= 11 is 0. The first-order valence-corrected chi connectivity index (χ1v) is 8.87. The molecule has 134 valence electrons. The van der Waals surface area contributed by atoms with Crippen LogP contribution in [0.1, 0.15) is 59.8 Å². The van der Waals surface area contributed by atoms with Crippen LogP contribution in [0.4, 0.5) is 0 Å². The first kappa shape index (κ1) is 18.9. The van der Waals surface area contributed by atoms with E-state index in [1.807, 2.05) is 19.9 Å². The number of fused-ring (bicyclic) bond motifs is 1. The molecule has 0 aromatic heterocycles. The van der Waals surface area contributed by atoms with Gasteiger partial charge in [0.1, 0.15) is 6.10 Å². The molecule has 0 bridgehead atoms. The van der Waals surface area contributed by atoms with Crippen molar-refractivity contribution in [3.8, 4) is 0 Å². The van der Waals surface area contributed by atoms with Crippen LogP contribution < -0.4 is 0 Å². The number of aliphatic hydroxyl groups is 1. The number of epoxide rings is 1. The van der Waals surface area contributed by atoms with Gasteiger partial charge in [-0.15, -0.1) is 0 Å². The van der Waals surface area contributed by atoms with Gasteiger partial charge in [0.25, 0.3) is 0 Å². The van der Waals surface area contributed by atoms with Gasteiger partial charge in [-0.2, -0.15) is 0 Å². The zero-order chi connectivity index (χ0) is 17.7. The monoisotopic (exact) mass is 334 g/mol. The highest BCUT2D eigenvalue weighted by Gasteiger charge is 2.57. The Bertz CT molecular complexity index is 540. The first-order valence-electron chi connectivity index (χ1n) is 8.87. The lowest BCUT2D eigenvalue weighted by molar-refractivity contribution is -0.151. The second-order valence-corrected chi connectivity index (χ2v) is 7.24. The lowest BCUT2D eigenvalue weighted by Crippen LogP contribution is -2.15. The Morgan fingerprint density at radius 3 is 2.50 bits per heavy atom. The molecule has 2 rings (SSSR count). The summed E-state index contributed by atoms with van der Waals surface area (Å²) in [4.78, 5) is 11.5. The van der Waals surface area contributed by atoms with Gasteiger partial charge < -0.3 is 14.6 Å². The molecule has 2 aliphatic rings. The molecule has 4 nitrogen and oxygen atoms in total. The van der Waals surface area contributed by atoms with Crippen molar-refractivity contribution in [3.05, 3.63) is 34.9 Å². The van der Waals surface area contributed by atoms with E-state index in [9.17, 15) is 9.90 Å². The van der Waals surface area contributed by atoms with Gasteiger partial charge in [-0.3, -0.25) is 4.79 Å². The Hall–Kier alpha value is -1.39. The van der Waals surface area contributed by atoms with E-state index < -0.39 is 0 Å². The largest absolute Gasteiger partial charge is 0.433 e. The summed E-state index contributed by atoms with van der Waals surface area (Å²) in [7, 11) is 0. The molecule has 0 aromatic rings. The first-order chi connectivity index (χ1) is 11.4. The number of hydrogen-bond donors (Lipinski definition) is 1. The van der Waals surface area contributed by atoms with Gasteiger partial charge in [-0.05, 0) is 59.8 Å². The Balaban J connectivity index is 1.64. The average Bonchev–Trinajstić information content (AvgIpc) is 3.14. The highest BCUT2D eigenvalue weighted by atomic mass is 16.8. The van der Waals surface area contributed by atoms with Gasteiger partial charge in [0.05, 0.1) is 12.0 Å². The van der Waals surface area contributed by atoms with Crippen LogP contribution in [0.2, 0.25) is 0 Å². The number of ether oxygens (including phenoxy) is 2. The van der Waals surface area contributed by atoms with Crippen molar-refractivity contribution in [1.29, 1.82) is 0 Å². The molecule has 4 heteroatoms. The fourth-order valence-electron chi connectivity index (χ4n) is 3.12. The molecule has 2 aliphatic heterocycles. The predicted octanol–water partition coefficient (Wildman–Crippen LogP) is 4.05. The predicted molar refractivity (Wildman–Crippen MR) is 94.3 cm³/mol. The summed E-state index contributed by atoms with van der Waals surface area (Å²) in [5.41, 5.74) is 3.70. The molecule has 1 N–H and O–H groups in total. The van der Waals surface area contributed by atoms with Crippen molar-refractivity contribution in [1.82, 2.24) is 0 Å². The standard InChI is InChI=1S/C20H30O4/c1-13(2)11-16(21)12-15(4)9-5-7-14(3)8-6-10-17-18-20(23-18)24-19(17)22/h8-9,11,16-18,20-21H,5-7,10,12H2,1-4H3. The van der Waals surface area contributed by atoms with E-state index in [-0.39, 0.29) is 30.4 Å². The molecule has 0 saturated carbocycles. The minimum absolute atomic E-state index is 0.0176. The quantitative estimate of drug-likeness (QED) is 0.392. The van der Waals surface area contributed by atoms with Gasteiger partial charge in [-0.1, -0.05) is 34.9 Å². The molecule has 0 spiro atoms. The van der Waals surface area contributed by atoms with Crippen LogP contribution in [0.3, 0.4) is 0 Å². The molecule has 2 saturated heterocycles. The fourth-order valence-corrected chi connectivity index (χ4v) is 3.12. The van der Waals surface area contributed by atoms with E-state index in [0.29, 0.717) is 6.42 Å². The van der Waals surface area contributed by atoms with E-state index >= 15 is 0 Å². The van der Waals surface area contributed by atoms with Crippen molar-refractivity contribution >= 4 is 5.97 Å². The Kier molecular flexibility index (Phi) is 6.81. The number of carbonyl (C=O) groups excluding carboxylic acids is 1. The SMILES string of the molecule is CC(C)=CC(O)CC(C)=CCCC(C)=CCCC1C(=O)OC2OC21. The normalized spacial score (nSPS) is 27.5. The van der Waals surface area contributed by atoms with Crippen molar-refractivity contribution in [3.63, 3.8) is 0 Å². The van der Waals surface area contributed by atoms with Crippen LogP contribution in [-0.2, 0) is 14.3 Å². The highest BCUT2D eigenvalue weighted by Crippen LogP contribution is 2.40. The molecular weight excluding hydrogens is 304 g/mol. The van der Waals surface area contributed by atoms with Crippen molar-refractivity contribution in [2.45, 2.75) is 78.3 Å². The van der Waals surface area contributed by atoms with Gasteiger partial charge in [-0.25, -0.2) is 0 Å². The lowest BCUT2D eigenvalue weighted by atomic mass is 9.99. The van der Waals surface area contributed by atoms with Crippen LogP contribution in [0.5, 0.6) is 0 Å². The summed E-state index contributed by atoms with van der Waals surface area (Å²) < 4.78 is 10.3. The van der Waals surface area contributed by atoms with E-state index in [4.69, 9.17) is 9.47 Å². The molecule has 2 heterocycles. The third-order valence-electron chi connectivity index (χ3n) is 4.47. The van der Waals surface area contributed by atoms with Gasteiger partial charge in [0.15, 0.2) is 0 Å². The molecule has 0 radical (unpaired) electrons. The van der Waals surface area contributed by atoms with Crippen molar-refractivity contribution < 1.29 is 19.4 Å². The van der Waals surface area contributed by atoms with E-state index in [2.05, 4.69) is 26.0 Å². The number of carbonyl (C=O) groups is 1. The second kappa shape index (κ2) is 8.63. The summed E-state index contributed by atoms with van der Waals surface area (Å²) in [5, 5.41) is 9.89. The van der Waals surface area contributed by atoms with Crippen LogP contribution in [0, 0.1) is 5.92 Å². The lowest BCUT2D eigenvalue weighted by Gasteiger charge is -2.08. The van der Waals surface area contributed by atoms with Crippen LogP contribution in [-0.4, -0.2) is 29.6 Å². The van der Waals surface area contributed by atoms with Crippen LogP contribution in [0.15, 0.2) is 34.9 Å². The fraction of sp³-hybridized carbons (Fsp3) is 0.650. The number of aliphatic hydroxyl groups excluding tert-OH is 1. The topological polar surface area (TPSA) is 59.1 Å². The van der Waals surface area contributed by atoms with Gasteiger partial charge in [0, 0.05) is 0 Å². The molecule has 4 unspecified atom stereocenters. The Morgan fingerprint density at radius 1 is 1.17 bits per heavy atom. The minimum atomic E-state index is -0.387. The molecule has 0 aliphatic carbocycles. The maximum atomic E-state index is 11.5. The summed E-state index contributed by atoms with van der Waals surface area (Å²) in [6, 6.07) is 0.